The van der Waals surface area contributed by atoms with Crippen LogP contribution < -0.4 is 5.49 Å². The summed E-state index contributed by atoms with van der Waals surface area (Å²) >= 11 is 0. The average molecular weight is 193 g/mol. The lowest BCUT2D eigenvalue weighted by Crippen LogP contribution is -2.19. The molecule has 0 aliphatic rings. The van der Waals surface area contributed by atoms with Crippen LogP contribution in [0, 0.1) is 28.5 Å². The average Bonchev–Trinajstić information content (AvgIpc) is 2.18. The van der Waals surface area contributed by atoms with Crippen LogP contribution in [0.15, 0.2) is 12.3 Å². The minimum absolute atomic E-state index is 0.0383. The van der Waals surface area contributed by atoms with Crippen molar-refractivity contribution in [2.45, 2.75) is 0 Å². The molecule has 1 heterocycles. The molecule has 0 bridgehead atoms. The Labute approximate surface area is 79.7 Å². The standard InChI is InChI=1S/C9H8FN3O/c10-8-5-13(6-11)9(12)4-7(8)2-1-3-14/h4-6,11-12,14H,3H2. The molecule has 1 aromatic heterocycles. The van der Waals surface area contributed by atoms with E-state index in [0.717, 1.165) is 17.1 Å². The molecule has 0 atom stereocenters. The van der Waals surface area contributed by atoms with Crippen LogP contribution in [0.25, 0.3) is 0 Å². The van der Waals surface area contributed by atoms with Gasteiger partial charge in [0.2, 0.25) is 0 Å². The first-order valence-electron chi connectivity index (χ1n) is 3.75. The molecule has 1 aromatic rings. The van der Waals surface area contributed by atoms with E-state index in [1.165, 1.54) is 6.07 Å². The van der Waals surface area contributed by atoms with Gasteiger partial charge in [0.25, 0.3) is 0 Å². The van der Waals surface area contributed by atoms with Gasteiger partial charge >= 0.3 is 0 Å². The Morgan fingerprint density at radius 1 is 1.64 bits per heavy atom. The van der Waals surface area contributed by atoms with Gasteiger partial charge in [0.1, 0.15) is 12.1 Å². The van der Waals surface area contributed by atoms with Gasteiger partial charge in [-0.1, -0.05) is 11.8 Å². The maximum atomic E-state index is 13.1. The first kappa shape index (κ1) is 10.2. The van der Waals surface area contributed by atoms with Gasteiger partial charge in [-0.05, 0) is 6.07 Å². The Morgan fingerprint density at radius 2 is 2.36 bits per heavy atom. The van der Waals surface area contributed by atoms with Crippen molar-refractivity contribution >= 4 is 6.34 Å². The van der Waals surface area contributed by atoms with E-state index in [9.17, 15) is 4.39 Å². The maximum Gasteiger partial charge on any atom is 0.155 e. The van der Waals surface area contributed by atoms with E-state index in [0.29, 0.717) is 0 Å². The van der Waals surface area contributed by atoms with Gasteiger partial charge in [-0.2, -0.15) is 0 Å². The number of aromatic nitrogens is 1. The van der Waals surface area contributed by atoms with Crippen LogP contribution in [-0.2, 0) is 0 Å². The minimum Gasteiger partial charge on any atom is -0.384 e. The van der Waals surface area contributed by atoms with Crippen molar-refractivity contribution in [2.75, 3.05) is 6.61 Å². The fourth-order valence-corrected chi connectivity index (χ4v) is 0.879. The number of aliphatic hydroxyl groups is 1. The van der Waals surface area contributed by atoms with Crippen LogP contribution in [-0.4, -0.2) is 22.6 Å². The molecule has 0 fully saturated rings. The summed E-state index contributed by atoms with van der Waals surface area (Å²) in [6, 6.07) is 1.20. The molecule has 1 rings (SSSR count). The smallest absolute Gasteiger partial charge is 0.155 e. The number of pyridine rings is 1. The molecule has 3 N–H and O–H groups in total. The monoisotopic (exact) mass is 193 g/mol. The Kier molecular flexibility index (Phi) is 3.15. The van der Waals surface area contributed by atoms with Gasteiger partial charge in [0.15, 0.2) is 5.82 Å². The van der Waals surface area contributed by atoms with E-state index in [1.54, 1.807) is 0 Å². The zero-order valence-electron chi connectivity index (χ0n) is 7.21. The van der Waals surface area contributed by atoms with E-state index in [-0.39, 0.29) is 17.7 Å². The van der Waals surface area contributed by atoms with Gasteiger partial charge in [0, 0.05) is 6.20 Å². The molecule has 0 saturated heterocycles. The third kappa shape index (κ3) is 2.06. The van der Waals surface area contributed by atoms with Gasteiger partial charge < -0.3 is 5.11 Å². The van der Waals surface area contributed by atoms with E-state index in [1.807, 2.05) is 0 Å². The molecule has 0 radical (unpaired) electrons. The van der Waals surface area contributed by atoms with Crippen LogP contribution in [0.1, 0.15) is 5.56 Å². The molecule has 0 aliphatic carbocycles. The highest BCUT2D eigenvalue weighted by Gasteiger charge is 2.00. The predicted octanol–water partition coefficient (Wildman–Crippen LogP) is -0.0944. The second kappa shape index (κ2) is 4.35. The van der Waals surface area contributed by atoms with Crippen LogP contribution >= 0.6 is 0 Å². The summed E-state index contributed by atoms with van der Waals surface area (Å²) in [6.07, 6.45) is 1.82. The third-order valence-electron chi connectivity index (χ3n) is 1.51. The van der Waals surface area contributed by atoms with Crippen molar-refractivity contribution in [1.82, 2.24) is 4.57 Å². The van der Waals surface area contributed by atoms with Gasteiger partial charge in [-0.15, -0.1) is 0 Å². The summed E-state index contributed by atoms with van der Waals surface area (Å²) in [5.74, 6) is 4.04. The first-order chi connectivity index (χ1) is 6.69. The van der Waals surface area contributed by atoms with Gasteiger partial charge in [-0.3, -0.25) is 15.4 Å². The Bertz CT molecular complexity index is 467. The summed E-state index contributed by atoms with van der Waals surface area (Å²) in [5, 5.41) is 22.6. The molecular weight excluding hydrogens is 185 g/mol. The number of nitrogens with zero attached hydrogens (tertiary/aromatic N) is 1. The number of rotatable bonds is 1. The van der Waals surface area contributed by atoms with E-state index >= 15 is 0 Å². The lowest BCUT2D eigenvalue weighted by Gasteiger charge is -1.99. The molecule has 72 valence electrons. The van der Waals surface area contributed by atoms with Crippen LogP contribution in [0.4, 0.5) is 4.39 Å². The molecular formula is C9H8FN3O. The van der Waals surface area contributed by atoms with E-state index in [4.69, 9.17) is 15.9 Å². The summed E-state index contributed by atoms with van der Waals surface area (Å²) in [7, 11) is 0. The Balaban J connectivity index is 3.29. The van der Waals surface area contributed by atoms with Crippen molar-refractivity contribution in [3.05, 3.63) is 29.1 Å². The highest BCUT2D eigenvalue weighted by Crippen LogP contribution is 2.00. The largest absolute Gasteiger partial charge is 0.384 e. The normalized spacial score (nSPS) is 9.00. The SMILES string of the molecule is N=Cn1cc(F)c(C#CCO)cc1=N. The third-order valence-corrected chi connectivity index (χ3v) is 1.51. The number of halogens is 1. The van der Waals surface area contributed by atoms with Crippen molar-refractivity contribution in [3.8, 4) is 11.8 Å². The summed E-state index contributed by atoms with van der Waals surface area (Å²) in [5.41, 5.74) is 0.00536. The molecule has 0 amide bonds. The second-order valence-electron chi connectivity index (χ2n) is 2.42. The lowest BCUT2D eigenvalue weighted by molar-refractivity contribution is 0.350. The molecule has 4 nitrogen and oxygen atoms in total. The summed E-state index contributed by atoms with van der Waals surface area (Å²) in [4.78, 5) is 0. The van der Waals surface area contributed by atoms with Gasteiger partial charge in [-0.25, -0.2) is 4.39 Å². The van der Waals surface area contributed by atoms with Crippen molar-refractivity contribution in [2.24, 2.45) is 0 Å². The molecule has 0 aliphatic heterocycles. The fraction of sp³-hybridized carbons (Fsp3) is 0.111. The molecule has 0 aromatic carbocycles. The molecule has 14 heavy (non-hydrogen) atoms. The topological polar surface area (TPSA) is 72.9 Å². The fourth-order valence-electron chi connectivity index (χ4n) is 0.879. The molecule has 5 heteroatoms. The summed E-state index contributed by atoms with van der Waals surface area (Å²) < 4.78 is 14.2. The minimum atomic E-state index is -0.620. The quantitative estimate of drug-likeness (QED) is 0.325. The van der Waals surface area contributed by atoms with Crippen LogP contribution in [0.3, 0.4) is 0 Å². The second-order valence-corrected chi connectivity index (χ2v) is 2.42. The van der Waals surface area contributed by atoms with Crippen molar-refractivity contribution in [1.29, 1.82) is 10.8 Å². The number of hydrogen-bond acceptors (Lipinski definition) is 3. The molecule has 0 unspecified atom stereocenters. The zero-order valence-corrected chi connectivity index (χ0v) is 7.21. The first-order valence-corrected chi connectivity index (χ1v) is 3.75. The number of aliphatic hydroxyl groups excluding tert-OH is 1. The van der Waals surface area contributed by atoms with E-state index < -0.39 is 5.82 Å². The summed E-state index contributed by atoms with van der Waals surface area (Å²) in [6.45, 7) is -0.355. The van der Waals surface area contributed by atoms with Crippen molar-refractivity contribution < 1.29 is 9.50 Å². The van der Waals surface area contributed by atoms with Crippen LogP contribution in [0.5, 0.6) is 0 Å². The maximum absolute atomic E-state index is 13.1. The van der Waals surface area contributed by atoms with Gasteiger partial charge in [0.05, 0.1) is 11.9 Å². The molecule has 0 spiro atoms. The number of nitrogens with one attached hydrogen (secondary N) is 2. The van der Waals surface area contributed by atoms with Crippen LogP contribution in [0.2, 0.25) is 0 Å². The lowest BCUT2D eigenvalue weighted by atomic mass is 10.2. The molecule has 0 saturated carbocycles. The zero-order chi connectivity index (χ0) is 10.6. The van der Waals surface area contributed by atoms with Crippen molar-refractivity contribution in [3.63, 3.8) is 0 Å². The van der Waals surface area contributed by atoms with E-state index in [2.05, 4.69) is 11.8 Å². The Hall–Kier alpha value is -1.93. The Morgan fingerprint density at radius 3 is 2.93 bits per heavy atom. The highest BCUT2D eigenvalue weighted by atomic mass is 19.1. The highest BCUT2D eigenvalue weighted by molar-refractivity contribution is 5.54. The predicted molar refractivity (Wildman–Crippen MR) is 48.4 cm³/mol. The number of hydrogen-bond donors (Lipinski definition) is 3.